The maximum absolute atomic E-state index is 12.0. The normalized spacial score (nSPS) is 22.7. The highest BCUT2D eigenvalue weighted by Gasteiger charge is 2.30. The minimum atomic E-state index is -3.25. The lowest BCUT2D eigenvalue weighted by atomic mass is 10.2. The van der Waals surface area contributed by atoms with Crippen molar-refractivity contribution in [3.63, 3.8) is 0 Å². The zero-order chi connectivity index (χ0) is 14.8. The zero-order valence-electron chi connectivity index (χ0n) is 11.5. The molecule has 1 aliphatic carbocycles. The summed E-state index contributed by atoms with van der Waals surface area (Å²) in [6, 6.07) is 5.76. The topological polar surface area (TPSA) is 69.7 Å². The monoisotopic (exact) mass is 298 g/mol. The number of rotatable bonds is 4. The van der Waals surface area contributed by atoms with Gasteiger partial charge in [0.2, 0.25) is 0 Å². The van der Waals surface area contributed by atoms with E-state index in [2.05, 4.69) is 0 Å². The molecule has 1 aromatic carbocycles. The Morgan fingerprint density at radius 2 is 1.75 bits per heavy atom. The molecule has 110 valence electrons. The fourth-order valence-electron chi connectivity index (χ4n) is 2.34. The zero-order valence-corrected chi connectivity index (χ0v) is 12.4. The molecule has 20 heavy (non-hydrogen) atoms. The Hall–Kier alpha value is -1.40. The van der Waals surface area contributed by atoms with E-state index < -0.39 is 15.8 Å². The molecule has 0 spiro atoms. The van der Waals surface area contributed by atoms with E-state index in [-0.39, 0.29) is 17.1 Å². The van der Waals surface area contributed by atoms with Gasteiger partial charge in [-0.25, -0.2) is 13.2 Å². The van der Waals surface area contributed by atoms with Gasteiger partial charge in [-0.15, -0.1) is 0 Å². The summed E-state index contributed by atoms with van der Waals surface area (Å²) in [5.41, 5.74) is 0.346. The van der Waals surface area contributed by atoms with E-state index in [0.717, 1.165) is 25.5 Å². The van der Waals surface area contributed by atoms with Gasteiger partial charge >= 0.3 is 5.97 Å². The first kappa shape index (κ1) is 15.0. The molecular formula is C14H18O5S. The van der Waals surface area contributed by atoms with E-state index in [0.29, 0.717) is 5.56 Å². The van der Waals surface area contributed by atoms with Crippen LogP contribution < -0.4 is 0 Å². The maximum Gasteiger partial charge on any atom is 0.338 e. The second-order valence-corrected chi connectivity index (χ2v) is 6.96. The molecule has 0 aromatic heterocycles. The number of carbonyl (C=O) groups excluding carboxylic acids is 1. The van der Waals surface area contributed by atoms with E-state index in [1.54, 1.807) is 7.11 Å². The number of sulfone groups is 1. The van der Waals surface area contributed by atoms with Gasteiger partial charge in [-0.05, 0) is 43.5 Å². The van der Waals surface area contributed by atoms with Gasteiger partial charge in [-0.2, -0.15) is 0 Å². The summed E-state index contributed by atoms with van der Waals surface area (Å²) in [5, 5.41) is 0. The van der Waals surface area contributed by atoms with E-state index in [1.807, 2.05) is 0 Å². The largest absolute Gasteiger partial charge is 0.456 e. The van der Waals surface area contributed by atoms with Crippen molar-refractivity contribution in [1.82, 2.24) is 0 Å². The Morgan fingerprint density at radius 1 is 1.15 bits per heavy atom. The summed E-state index contributed by atoms with van der Waals surface area (Å²) in [6.07, 6.45) is 3.52. The highest BCUT2D eigenvalue weighted by atomic mass is 32.2. The first-order valence-electron chi connectivity index (χ1n) is 6.45. The lowest BCUT2D eigenvalue weighted by Gasteiger charge is -2.18. The molecule has 6 heteroatoms. The van der Waals surface area contributed by atoms with Crippen molar-refractivity contribution in [3.8, 4) is 0 Å². The van der Waals surface area contributed by atoms with Crippen LogP contribution in [0.25, 0.3) is 0 Å². The second kappa shape index (κ2) is 5.93. The summed E-state index contributed by atoms with van der Waals surface area (Å²) in [6.45, 7) is 0. The van der Waals surface area contributed by atoms with Gasteiger partial charge in [0.25, 0.3) is 0 Å². The molecule has 2 atom stereocenters. The Kier molecular flexibility index (Phi) is 4.45. The third kappa shape index (κ3) is 3.37. The molecule has 0 N–H and O–H groups in total. The molecule has 1 aliphatic rings. The van der Waals surface area contributed by atoms with Gasteiger partial charge in [0, 0.05) is 13.4 Å². The standard InChI is InChI=1S/C14H18O5S/c1-18-12-4-3-5-13(12)19-14(15)10-6-8-11(9-7-10)20(2,16)17/h6-9,12-13H,3-5H2,1-2H3/t12-,13+/m0/s1. The SMILES string of the molecule is CO[C@H]1CCC[C@H]1OC(=O)c1ccc(S(C)(=O)=O)cc1. The van der Waals surface area contributed by atoms with Crippen molar-refractivity contribution in [2.24, 2.45) is 0 Å². The molecule has 1 saturated carbocycles. The molecule has 0 radical (unpaired) electrons. The first-order chi connectivity index (χ1) is 9.41. The van der Waals surface area contributed by atoms with Crippen molar-refractivity contribution in [3.05, 3.63) is 29.8 Å². The molecule has 5 nitrogen and oxygen atoms in total. The molecule has 0 unspecified atom stereocenters. The quantitative estimate of drug-likeness (QED) is 0.793. The number of hydrogen-bond donors (Lipinski definition) is 0. The highest BCUT2D eigenvalue weighted by Crippen LogP contribution is 2.25. The molecular weight excluding hydrogens is 280 g/mol. The van der Waals surface area contributed by atoms with Crippen molar-refractivity contribution in [2.45, 2.75) is 36.4 Å². The van der Waals surface area contributed by atoms with Gasteiger partial charge < -0.3 is 9.47 Å². The van der Waals surface area contributed by atoms with Gasteiger partial charge in [0.05, 0.1) is 16.6 Å². The minimum Gasteiger partial charge on any atom is -0.456 e. The van der Waals surface area contributed by atoms with E-state index in [9.17, 15) is 13.2 Å². The third-order valence-electron chi connectivity index (χ3n) is 3.47. The number of methoxy groups -OCH3 is 1. The molecule has 0 heterocycles. The smallest absolute Gasteiger partial charge is 0.338 e. The van der Waals surface area contributed by atoms with Gasteiger partial charge in [-0.1, -0.05) is 0 Å². The number of benzene rings is 1. The maximum atomic E-state index is 12.0. The van der Waals surface area contributed by atoms with Crippen LogP contribution in [-0.2, 0) is 19.3 Å². The van der Waals surface area contributed by atoms with E-state index in [4.69, 9.17) is 9.47 Å². The van der Waals surface area contributed by atoms with Crippen molar-refractivity contribution in [1.29, 1.82) is 0 Å². The molecule has 0 aliphatic heterocycles. The van der Waals surface area contributed by atoms with Crippen LogP contribution in [0.5, 0.6) is 0 Å². The highest BCUT2D eigenvalue weighted by molar-refractivity contribution is 7.90. The Balaban J connectivity index is 2.06. The van der Waals surface area contributed by atoms with Crippen LogP contribution in [0.4, 0.5) is 0 Å². The Labute approximate surface area is 118 Å². The van der Waals surface area contributed by atoms with Crippen LogP contribution >= 0.6 is 0 Å². The molecule has 1 aromatic rings. The summed E-state index contributed by atoms with van der Waals surface area (Å²) in [4.78, 5) is 12.2. The van der Waals surface area contributed by atoms with Crippen LogP contribution in [0.2, 0.25) is 0 Å². The van der Waals surface area contributed by atoms with Crippen molar-refractivity contribution >= 4 is 15.8 Å². The fourth-order valence-corrected chi connectivity index (χ4v) is 2.97. The van der Waals surface area contributed by atoms with Crippen molar-refractivity contribution < 1.29 is 22.7 Å². The number of ether oxygens (including phenoxy) is 2. The van der Waals surface area contributed by atoms with Crippen molar-refractivity contribution in [2.75, 3.05) is 13.4 Å². The minimum absolute atomic E-state index is 0.0470. The Morgan fingerprint density at radius 3 is 2.30 bits per heavy atom. The van der Waals surface area contributed by atoms with Gasteiger partial charge in [-0.3, -0.25) is 0 Å². The first-order valence-corrected chi connectivity index (χ1v) is 8.35. The summed E-state index contributed by atoms with van der Waals surface area (Å²) in [7, 11) is -1.64. The van der Waals surface area contributed by atoms with E-state index in [1.165, 1.54) is 24.3 Å². The third-order valence-corrected chi connectivity index (χ3v) is 4.60. The molecule has 0 amide bonds. The molecule has 0 saturated heterocycles. The number of hydrogen-bond acceptors (Lipinski definition) is 5. The van der Waals surface area contributed by atoms with Crippen LogP contribution in [0, 0.1) is 0 Å². The van der Waals surface area contributed by atoms with Crippen LogP contribution in [0.3, 0.4) is 0 Å². The van der Waals surface area contributed by atoms with Crippen LogP contribution in [0.1, 0.15) is 29.6 Å². The molecule has 1 fully saturated rings. The number of carbonyl (C=O) groups is 1. The van der Waals surface area contributed by atoms with Gasteiger partial charge in [0.1, 0.15) is 6.10 Å². The number of esters is 1. The molecule has 2 rings (SSSR count). The Bertz CT molecular complexity index is 576. The molecule has 0 bridgehead atoms. The van der Waals surface area contributed by atoms with Crippen LogP contribution in [-0.4, -0.2) is 40.0 Å². The summed E-state index contributed by atoms with van der Waals surface area (Å²) >= 11 is 0. The average molecular weight is 298 g/mol. The summed E-state index contributed by atoms with van der Waals surface area (Å²) < 4.78 is 33.4. The van der Waals surface area contributed by atoms with E-state index >= 15 is 0 Å². The van der Waals surface area contributed by atoms with Crippen LogP contribution in [0.15, 0.2) is 29.2 Å². The summed E-state index contributed by atoms with van der Waals surface area (Å²) in [5.74, 6) is -0.445. The fraction of sp³-hybridized carbons (Fsp3) is 0.500. The predicted octanol–water partition coefficient (Wildman–Crippen LogP) is 1.81. The second-order valence-electron chi connectivity index (χ2n) is 4.95. The lowest BCUT2D eigenvalue weighted by Crippen LogP contribution is -2.27. The van der Waals surface area contributed by atoms with Gasteiger partial charge in [0.15, 0.2) is 9.84 Å². The lowest BCUT2D eigenvalue weighted by molar-refractivity contribution is -0.0206. The predicted molar refractivity (Wildman–Crippen MR) is 73.4 cm³/mol. The average Bonchev–Trinajstić information content (AvgIpc) is 2.85.